The first-order valence-corrected chi connectivity index (χ1v) is 7.47. The van der Waals surface area contributed by atoms with E-state index in [-0.39, 0.29) is 28.1 Å². The number of carbonyl (C=O) groups is 2. The molecule has 1 saturated heterocycles. The second kappa shape index (κ2) is 6.87. The molecule has 1 N–H and O–H groups in total. The van der Waals surface area contributed by atoms with Crippen LogP contribution in [-0.4, -0.2) is 54.1 Å². The summed E-state index contributed by atoms with van der Waals surface area (Å²) in [4.78, 5) is 27.5. The molecule has 1 aliphatic rings. The van der Waals surface area contributed by atoms with Gasteiger partial charge < -0.3 is 14.7 Å². The number of phenolic OH excluding ortho intramolecular Hbond substituents is 1. The van der Waals surface area contributed by atoms with Crippen LogP contribution in [0.4, 0.5) is 4.79 Å². The van der Waals surface area contributed by atoms with Crippen LogP contribution in [0.2, 0.25) is 5.02 Å². The van der Waals surface area contributed by atoms with Gasteiger partial charge in [0.25, 0.3) is 5.91 Å². The van der Waals surface area contributed by atoms with Crippen LogP contribution in [0.25, 0.3) is 0 Å². The highest BCUT2D eigenvalue weighted by Crippen LogP contribution is 2.32. The van der Waals surface area contributed by atoms with E-state index in [0.29, 0.717) is 13.1 Å². The first-order chi connectivity index (χ1) is 10.5. The van der Waals surface area contributed by atoms with Gasteiger partial charge in [-0.15, -0.1) is 0 Å². The predicted octanol–water partition coefficient (Wildman–Crippen LogP) is 2.73. The van der Waals surface area contributed by atoms with Gasteiger partial charge in [0.1, 0.15) is 0 Å². The summed E-state index contributed by atoms with van der Waals surface area (Å²) in [5.41, 5.74) is 0.0628. The van der Waals surface area contributed by atoms with Crippen molar-refractivity contribution in [1.82, 2.24) is 9.80 Å². The van der Waals surface area contributed by atoms with Gasteiger partial charge in [-0.25, -0.2) is 4.79 Å². The molecule has 1 aliphatic heterocycles. The summed E-state index contributed by atoms with van der Waals surface area (Å²) in [6.07, 6.45) is 2.98. The Bertz CT molecular complexity index is 585. The molecule has 22 heavy (non-hydrogen) atoms. The highest BCUT2D eigenvalue weighted by atomic mass is 35.5. The maximum absolute atomic E-state index is 12.4. The van der Waals surface area contributed by atoms with E-state index < -0.39 is 5.91 Å². The first kappa shape index (κ1) is 16.4. The Balaban J connectivity index is 2.19. The van der Waals surface area contributed by atoms with Crippen molar-refractivity contribution < 1.29 is 19.4 Å². The van der Waals surface area contributed by atoms with Gasteiger partial charge in [-0.05, 0) is 25.3 Å². The Kier molecular flexibility index (Phi) is 5.13. The van der Waals surface area contributed by atoms with Crippen LogP contribution >= 0.6 is 11.6 Å². The van der Waals surface area contributed by atoms with Crippen LogP contribution in [0.3, 0.4) is 0 Å². The van der Waals surface area contributed by atoms with Crippen molar-refractivity contribution in [2.75, 3.05) is 27.2 Å². The van der Waals surface area contributed by atoms with E-state index in [1.807, 2.05) is 0 Å². The monoisotopic (exact) mass is 326 g/mol. The van der Waals surface area contributed by atoms with E-state index in [9.17, 15) is 14.7 Å². The van der Waals surface area contributed by atoms with Gasteiger partial charge in [0.05, 0.1) is 17.7 Å². The first-order valence-electron chi connectivity index (χ1n) is 7.09. The van der Waals surface area contributed by atoms with Crippen molar-refractivity contribution in [1.29, 1.82) is 0 Å². The highest BCUT2D eigenvalue weighted by molar-refractivity contribution is 6.34. The number of urea groups is 1. The number of aromatic hydroxyl groups is 1. The van der Waals surface area contributed by atoms with E-state index in [0.717, 1.165) is 24.2 Å². The van der Waals surface area contributed by atoms with Gasteiger partial charge in [0.15, 0.2) is 11.5 Å². The van der Waals surface area contributed by atoms with Crippen molar-refractivity contribution in [3.05, 3.63) is 22.7 Å². The molecular formula is C15H19ClN2O4. The number of ether oxygens (including phenoxy) is 1. The molecule has 7 heteroatoms. The third kappa shape index (κ3) is 3.27. The molecule has 1 aromatic rings. The maximum Gasteiger partial charge on any atom is 0.326 e. The standard InChI is InChI=1S/C15H19ClN2O4/c1-17(15(21)18-6-4-3-5-7-18)14(20)10-8-12(19)13(22-2)9-11(10)16/h8-9,19H,3-7H2,1-2H3. The molecule has 0 bridgehead atoms. The maximum atomic E-state index is 12.4. The van der Waals surface area contributed by atoms with Gasteiger partial charge in [-0.1, -0.05) is 11.6 Å². The van der Waals surface area contributed by atoms with Gasteiger partial charge in [-0.2, -0.15) is 0 Å². The summed E-state index contributed by atoms with van der Waals surface area (Å²) < 4.78 is 4.93. The number of phenols is 1. The van der Waals surface area contributed by atoms with E-state index in [4.69, 9.17) is 16.3 Å². The largest absolute Gasteiger partial charge is 0.504 e. The van der Waals surface area contributed by atoms with Crippen LogP contribution in [0, 0.1) is 0 Å². The summed E-state index contributed by atoms with van der Waals surface area (Å²) in [6.45, 7) is 1.30. The second-order valence-corrected chi connectivity index (χ2v) is 5.61. The molecule has 120 valence electrons. The summed E-state index contributed by atoms with van der Waals surface area (Å²) >= 11 is 6.05. The number of imide groups is 1. The molecule has 2 rings (SSSR count). The highest BCUT2D eigenvalue weighted by Gasteiger charge is 2.27. The second-order valence-electron chi connectivity index (χ2n) is 5.20. The fourth-order valence-corrected chi connectivity index (χ4v) is 2.67. The molecule has 0 aromatic heterocycles. The van der Waals surface area contributed by atoms with Crippen LogP contribution in [-0.2, 0) is 0 Å². The van der Waals surface area contributed by atoms with Crippen molar-refractivity contribution in [3.8, 4) is 11.5 Å². The number of nitrogens with zero attached hydrogens (tertiary/aromatic N) is 2. The van der Waals surface area contributed by atoms with Crippen molar-refractivity contribution in [3.63, 3.8) is 0 Å². The van der Waals surface area contributed by atoms with Crippen LogP contribution in [0.5, 0.6) is 11.5 Å². The predicted molar refractivity (Wildman–Crippen MR) is 82.6 cm³/mol. The Labute approximate surface area is 134 Å². The number of likely N-dealkylation sites (tertiary alicyclic amines) is 1. The molecule has 3 amide bonds. The molecule has 0 spiro atoms. The number of piperidine rings is 1. The topological polar surface area (TPSA) is 70.1 Å². The minimum atomic E-state index is -0.557. The fraction of sp³-hybridized carbons (Fsp3) is 0.467. The summed E-state index contributed by atoms with van der Waals surface area (Å²) in [5.74, 6) is -0.584. The third-order valence-electron chi connectivity index (χ3n) is 3.72. The molecule has 1 fully saturated rings. The number of hydrogen-bond acceptors (Lipinski definition) is 4. The summed E-state index contributed by atoms with van der Waals surface area (Å²) in [6, 6.07) is 2.21. The number of benzene rings is 1. The van der Waals surface area contributed by atoms with Crippen LogP contribution in [0.1, 0.15) is 29.6 Å². The van der Waals surface area contributed by atoms with Gasteiger partial charge in [0, 0.05) is 26.2 Å². The molecule has 1 heterocycles. The van der Waals surface area contributed by atoms with Crippen LogP contribution < -0.4 is 4.74 Å². The minimum absolute atomic E-state index is 0.0628. The van der Waals surface area contributed by atoms with Crippen molar-refractivity contribution in [2.45, 2.75) is 19.3 Å². The molecule has 0 saturated carbocycles. The quantitative estimate of drug-likeness (QED) is 0.907. The van der Waals surface area contributed by atoms with Crippen molar-refractivity contribution in [2.24, 2.45) is 0 Å². The van der Waals surface area contributed by atoms with E-state index in [1.54, 1.807) is 4.90 Å². The zero-order valence-corrected chi connectivity index (χ0v) is 13.4. The summed E-state index contributed by atoms with van der Waals surface area (Å²) in [7, 11) is 2.80. The molecule has 0 atom stereocenters. The number of carbonyl (C=O) groups excluding carboxylic acids is 2. The molecular weight excluding hydrogens is 308 g/mol. The van der Waals surface area contributed by atoms with Gasteiger partial charge in [-0.3, -0.25) is 9.69 Å². The lowest BCUT2D eigenvalue weighted by atomic mass is 10.1. The average molecular weight is 327 g/mol. The zero-order valence-electron chi connectivity index (χ0n) is 12.6. The number of hydrogen-bond donors (Lipinski definition) is 1. The molecule has 0 aliphatic carbocycles. The SMILES string of the molecule is COc1cc(Cl)c(C(=O)N(C)C(=O)N2CCCCC2)cc1O. The number of halogens is 1. The Hall–Kier alpha value is -1.95. The van der Waals surface area contributed by atoms with Gasteiger partial charge >= 0.3 is 6.03 Å². The minimum Gasteiger partial charge on any atom is -0.504 e. The van der Waals surface area contributed by atoms with Crippen LogP contribution in [0.15, 0.2) is 12.1 Å². The third-order valence-corrected chi connectivity index (χ3v) is 4.03. The molecule has 0 radical (unpaired) electrons. The average Bonchev–Trinajstić information content (AvgIpc) is 2.55. The lowest BCUT2D eigenvalue weighted by Gasteiger charge is -2.30. The molecule has 0 unspecified atom stereocenters. The van der Waals surface area contributed by atoms with Gasteiger partial charge in [0.2, 0.25) is 0 Å². The lowest BCUT2D eigenvalue weighted by Crippen LogP contribution is -2.46. The number of amides is 3. The molecule has 6 nitrogen and oxygen atoms in total. The van der Waals surface area contributed by atoms with E-state index in [2.05, 4.69) is 0 Å². The number of methoxy groups -OCH3 is 1. The molecule has 1 aromatic carbocycles. The Morgan fingerprint density at radius 2 is 1.91 bits per heavy atom. The normalized spacial score (nSPS) is 14.6. The van der Waals surface area contributed by atoms with E-state index in [1.165, 1.54) is 26.3 Å². The number of rotatable bonds is 2. The lowest BCUT2D eigenvalue weighted by molar-refractivity contribution is 0.0786. The zero-order chi connectivity index (χ0) is 16.3. The fourth-order valence-electron chi connectivity index (χ4n) is 2.44. The summed E-state index contributed by atoms with van der Waals surface area (Å²) in [5, 5.41) is 9.91. The van der Waals surface area contributed by atoms with E-state index >= 15 is 0 Å². The Morgan fingerprint density at radius 1 is 1.27 bits per heavy atom. The van der Waals surface area contributed by atoms with Crippen molar-refractivity contribution >= 4 is 23.5 Å². The Morgan fingerprint density at radius 3 is 2.50 bits per heavy atom. The smallest absolute Gasteiger partial charge is 0.326 e.